The number of nitrogens with zero attached hydrogens (tertiary/aromatic N) is 2. The van der Waals surface area contributed by atoms with E-state index in [0.717, 1.165) is 6.07 Å². The van der Waals surface area contributed by atoms with E-state index < -0.39 is 20.9 Å². The van der Waals surface area contributed by atoms with Crippen molar-refractivity contribution in [3.05, 3.63) is 48.0 Å². The smallest absolute Gasteiger partial charge is 0.261 e. The molecule has 1 N–H and O–H groups in total. The molecule has 106 valence electrons. The molecule has 0 aromatic carbocycles. The Morgan fingerprint density at radius 3 is 2.80 bits per heavy atom. The minimum atomic E-state index is -4.01. The van der Waals surface area contributed by atoms with Crippen LogP contribution in [0.15, 0.2) is 41.7 Å². The zero-order valence-electron chi connectivity index (χ0n) is 10.6. The summed E-state index contributed by atoms with van der Waals surface area (Å²) >= 11 is 0. The summed E-state index contributed by atoms with van der Waals surface area (Å²) < 4.78 is 44.5. The third-order valence-corrected chi connectivity index (χ3v) is 3.79. The number of hydrogen-bond acceptors (Lipinski definition) is 5. The SMILES string of the molecule is COc1cc(CNS(=O)(=O)c2ncccc2F)ccn1. The standard InChI is InChI=1S/C12H12FN3O3S/c1-19-11-7-9(4-6-14-11)8-16-20(17,18)12-10(13)3-2-5-15-12/h2-7,16H,8H2,1H3. The third-order valence-electron chi connectivity index (χ3n) is 2.45. The summed E-state index contributed by atoms with van der Waals surface area (Å²) in [5, 5.41) is -0.624. The van der Waals surface area contributed by atoms with Gasteiger partial charge in [-0.15, -0.1) is 0 Å². The number of nitrogens with one attached hydrogen (secondary N) is 1. The predicted octanol–water partition coefficient (Wildman–Crippen LogP) is 1.10. The fourth-order valence-corrected chi connectivity index (χ4v) is 2.51. The van der Waals surface area contributed by atoms with Crippen LogP contribution in [0.1, 0.15) is 5.56 Å². The van der Waals surface area contributed by atoms with Crippen LogP contribution in [-0.4, -0.2) is 25.5 Å². The Hall–Kier alpha value is -2.06. The predicted molar refractivity (Wildman–Crippen MR) is 69.0 cm³/mol. The van der Waals surface area contributed by atoms with Crippen molar-refractivity contribution in [3.8, 4) is 5.88 Å². The van der Waals surface area contributed by atoms with Gasteiger partial charge in [-0.3, -0.25) is 0 Å². The van der Waals surface area contributed by atoms with Crippen molar-refractivity contribution in [2.75, 3.05) is 7.11 Å². The van der Waals surface area contributed by atoms with Crippen molar-refractivity contribution in [1.29, 1.82) is 0 Å². The van der Waals surface area contributed by atoms with Crippen molar-refractivity contribution < 1.29 is 17.5 Å². The number of hydrogen-bond donors (Lipinski definition) is 1. The highest BCUT2D eigenvalue weighted by atomic mass is 32.2. The maximum Gasteiger partial charge on any atom is 0.261 e. The highest BCUT2D eigenvalue weighted by Crippen LogP contribution is 2.12. The molecular formula is C12H12FN3O3S. The second-order valence-electron chi connectivity index (χ2n) is 3.82. The summed E-state index contributed by atoms with van der Waals surface area (Å²) in [6.45, 7) is -0.0166. The van der Waals surface area contributed by atoms with Crippen LogP contribution in [-0.2, 0) is 16.6 Å². The third kappa shape index (κ3) is 3.28. The van der Waals surface area contributed by atoms with Gasteiger partial charge in [0.25, 0.3) is 10.0 Å². The molecule has 2 heterocycles. The van der Waals surface area contributed by atoms with Crippen molar-refractivity contribution in [3.63, 3.8) is 0 Å². The molecule has 20 heavy (non-hydrogen) atoms. The summed E-state index contributed by atoms with van der Waals surface area (Å²) in [7, 11) is -2.55. The van der Waals surface area contributed by atoms with Gasteiger partial charge in [0, 0.05) is 25.0 Å². The first kappa shape index (κ1) is 14.4. The molecule has 0 bridgehead atoms. The van der Waals surface area contributed by atoms with Gasteiger partial charge in [0.1, 0.15) is 0 Å². The second kappa shape index (κ2) is 5.93. The first-order valence-corrected chi connectivity index (χ1v) is 7.10. The van der Waals surface area contributed by atoms with Gasteiger partial charge in [-0.25, -0.2) is 27.5 Å². The van der Waals surface area contributed by atoms with E-state index in [-0.39, 0.29) is 6.54 Å². The number of halogens is 1. The molecule has 0 fully saturated rings. The number of sulfonamides is 1. The molecule has 0 aliphatic heterocycles. The highest BCUT2D eigenvalue weighted by molar-refractivity contribution is 7.89. The van der Waals surface area contributed by atoms with Crippen LogP contribution in [0.4, 0.5) is 4.39 Å². The topological polar surface area (TPSA) is 81.2 Å². The minimum Gasteiger partial charge on any atom is -0.481 e. The molecule has 2 aromatic heterocycles. The molecule has 0 amide bonds. The molecule has 0 aliphatic carbocycles. The Kier molecular flexibility index (Phi) is 4.26. The van der Waals surface area contributed by atoms with E-state index in [4.69, 9.17) is 4.74 Å². The Morgan fingerprint density at radius 2 is 2.10 bits per heavy atom. The summed E-state index contributed by atoms with van der Waals surface area (Å²) in [6.07, 6.45) is 2.71. The van der Waals surface area contributed by atoms with Gasteiger partial charge in [0.15, 0.2) is 5.82 Å². The van der Waals surface area contributed by atoms with Crippen molar-refractivity contribution in [2.24, 2.45) is 0 Å². The average molecular weight is 297 g/mol. The minimum absolute atomic E-state index is 0.0166. The fourth-order valence-electron chi connectivity index (χ4n) is 1.49. The molecule has 0 saturated carbocycles. The van der Waals surface area contributed by atoms with E-state index in [2.05, 4.69) is 14.7 Å². The van der Waals surface area contributed by atoms with Gasteiger partial charge in [0.2, 0.25) is 10.9 Å². The van der Waals surface area contributed by atoms with E-state index >= 15 is 0 Å². The van der Waals surface area contributed by atoms with Gasteiger partial charge < -0.3 is 4.74 Å². The Labute approximate surface area is 115 Å². The van der Waals surface area contributed by atoms with Crippen LogP contribution in [0.2, 0.25) is 0 Å². The molecule has 2 aromatic rings. The van der Waals surface area contributed by atoms with Crippen LogP contribution in [0.5, 0.6) is 5.88 Å². The molecule has 0 unspecified atom stereocenters. The molecule has 2 rings (SSSR count). The van der Waals surface area contributed by atoms with Gasteiger partial charge in [-0.05, 0) is 23.8 Å². The van der Waals surface area contributed by atoms with Gasteiger partial charge in [-0.2, -0.15) is 0 Å². The number of rotatable bonds is 5. The van der Waals surface area contributed by atoms with Crippen LogP contribution >= 0.6 is 0 Å². The average Bonchev–Trinajstić information content (AvgIpc) is 2.46. The Bertz CT molecular complexity index is 707. The monoisotopic (exact) mass is 297 g/mol. The largest absolute Gasteiger partial charge is 0.481 e. The first-order valence-electron chi connectivity index (χ1n) is 5.62. The van der Waals surface area contributed by atoms with Crippen molar-refractivity contribution in [2.45, 2.75) is 11.6 Å². The van der Waals surface area contributed by atoms with Crippen LogP contribution < -0.4 is 9.46 Å². The van der Waals surface area contributed by atoms with Gasteiger partial charge in [0.05, 0.1) is 7.11 Å². The molecule has 0 atom stereocenters. The zero-order valence-corrected chi connectivity index (χ0v) is 11.4. The zero-order chi connectivity index (χ0) is 14.6. The first-order chi connectivity index (χ1) is 9.53. The fraction of sp³-hybridized carbons (Fsp3) is 0.167. The van der Waals surface area contributed by atoms with E-state index in [0.29, 0.717) is 11.4 Å². The van der Waals surface area contributed by atoms with Crippen LogP contribution in [0, 0.1) is 5.82 Å². The molecule has 0 aliphatic rings. The summed E-state index contributed by atoms with van der Waals surface area (Å²) in [5.74, 6) is -0.530. The van der Waals surface area contributed by atoms with E-state index in [1.165, 1.54) is 25.6 Å². The Balaban J connectivity index is 2.15. The summed E-state index contributed by atoms with van der Waals surface area (Å²) in [5.41, 5.74) is 0.636. The summed E-state index contributed by atoms with van der Waals surface area (Å²) in [4.78, 5) is 7.44. The quantitative estimate of drug-likeness (QED) is 0.894. The van der Waals surface area contributed by atoms with Gasteiger partial charge in [-0.1, -0.05) is 0 Å². The molecule has 0 spiro atoms. The normalized spacial score (nSPS) is 11.3. The van der Waals surface area contributed by atoms with Crippen LogP contribution in [0.3, 0.4) is 0 Å². The van der Waals surface area contributed by atoms with Crippen molar-refractivity contribution >= 4 is 10.0 Å². The van der Waals surface area contributed by atoms with E-state index in [1.807, 2.05) is 0 Å². The lowest BCUT2D eigenvalue weighted by atomic mass is 10.3. The number of pyridine rings is 2. The highest BCUT2D eigenvalue weighted by Gasteiger charge is 2.19. The number of aromatic nitrogens is 2. The van der Waals surface area contributed by atoms with Crippen LogP contribution in [0.25, 0.3) is 0 Å². The number of methoxy groups -OCH3 is 1. The lowest BCUT2D eigenvalue weighted by molar-refractivity contribution is 0.397. The van der Waals surface area contributed by atoms with Crippen molar-refractivity contribution in [1.82, 2.24) is 14.7 Å². The molecule has 6 nitrogen and oxygen atoms in total. The number of ether oxygens (including phenoxy) is 1. The lowest BCUT2D eigenvalue weighted by Crippen LogP contribution is -2.25. The van der Waals surface area contributed by atoms with E-state index in [9.17, 15) is 12.8 Å². The maximum absolute atomic E-state index is 13.4. The van der Waals surface area contributed by atoms with E-state index in [1.54, 1.807) is 12.1 Å². The molecular weight excluding hydrogens is 285 g/mol. The lowest BCUT2D eigenvalue weighted by Gasteiger charge is -2.07. The second-order valence-corrected chi connectivity index (χ2v) is 5.50. The summed E-state index contributed by atoms with van der Waals surface area (Å²) in [6, 6.07) is 5.57. The Morgan fingerprint density at radius 1 is 1.30 bits per heavy atom. The maximum atomic E-state index is 13.4. The molecule has 8 heteroatoms. The molecule has 0 radical (unpaired) electrons. The molecule has 0 saturated heterocycles. The van der Waals surface area contributed by atoms with Gasteiger partial charge >= 0.3 is 0 Å².